The van der Waals surface area contributed by atoms with E-state index in [2.05, 4.69) is 15.6 Å². The lowest BCUT2D eigenvalue weighted by molar-refractivity contribution is 0.00545. The molecule has 2 bridgehead atoms. The monoisotopic (exact) mass is 546 g/mol. The van der Waals surface area contributed by atoms with Gasteiger partial charge in [-0.1, -0.05) is 0 Å². The number of amides is 1. The molecule has 3 N–H and O–H groups in total. The van der Waals surface area contributed by atoms with Crippen molar-refractivity contribution in [3.8, 4) is 11.5 Å². The zero-order chi connectivity index (χ0) is 21.9. The second kappa shape index (κ2) is 10.6. The highest BCUT2D eigenvalue weighted by Gasteiger charge is 2.45. The smallest absolute Gasteiger partial charge is 0.410 e. The second-order valence-corrected chi connectivity index (χ2v) is 9.01. The van der Waals surface area contributed by atoms with Crippen LogP contribution >= 0.6 is 24.0 Å². The number of hydrogen-bond acceptors (Lipinski definition) is 5. The van der Waals surface area contributed by atoms with E-state index >= 15 is 0 Å². The van der Waals surface area contributed by atoms with Crippen LogP contribution in [0.15, 0.2) is 23.2 Å². The van der Waals surface area contributed by atoms with Gasteiger partial charge in [-0.15, -0.1) is 24.0 Å². The molecular weight excluding hydrogens is 511 g/mol. The lowest BCUT2D eigenvalue weighted by Crippen LogP contribution is -2.54. The van der Waals surface area contributed by atoms with Crippen LogP contribution in [0.4, 0.5) is 4.79 Å². The van der Waals surface area contributed by atoms with Crippen molar-refractivity contribution >= 4 is 36.0 Å². The number of guanidine groups is 1. The number of fused-ring (bicyclic) bond motifs is 2. The second-order valence-electron chi connectivity index (χ2n) is 9.01. The van der Waals surface area contributed by atoms with Crippen LogP contribution in [0.1, 0.15) is 52.0 Å². The number of ether oxygens (including phenoxy) is 2. The van der Waals surface area contributed by atoms with Crippen molar-refractivity contribution in [1.29, 1.82) is 0 Å². The first-order chi connectivity index (χ1) is 14.2. The van der Waals surface area contributed by atoms with Crippen molar-refractivity contribution < 1.29 is 19.4 Å². The van der Waals surface area contributed by atoms with Crippen molar-refractivity contribution in [3.63, 3.8) is 0 Å². The van der Waals surface area contributed by atoms with E-state index in [1.807, 2.05) is 25.7 Å². The Hall–Kier alpha value is -1.91. The largest absolute Gasteiger partial charge is 0.508 e. The molecule has 2 atom stereocenters. The van der Waals surface area contributed by atoms with Crippen LogP contribution in [0.25, 0.3) is 0 Å². The maximum Gasteiger partial charge on any atom is 0.410 e. The van der Waals surface area contributed by atoms with Crippen LogP contribution in [0, 0.1) is 0 Å². The van der Waals surface area contributed by atoms with Crippen molar-refractivity contribution in [2.75, 3.05) is 14.2 Å². The molecule has 1 amide bonds. The van der Waals surface area contributed by atoms with Gasteiger partial charge in [0.15, 0.2) is 5.96 Å². The number of aromatic hydroxyl groups is 1. The summed E-state index contributed by atoms with van der Waals surface area (Å²) in [6.07, 6.45) is 3.53. The first-order valence-corrected chi connectivity index (χ1v) is 10.5. The minimum atomic E-state index is -0.483. The van der Waals surface area contributed by atoms with Crippen LogP contribution in [0.3, 0.4) is 0 Å². The van der Waals surface area contributed by atoms with Gasteiger partial charge in [0.25, 0.3) is 0 Å². The molecule has 0 spiro atoms. The summed E-state index contributed by atoms with van der Waals surface area (Å²) in [5, 5.41) is 16.8. The standard InChI is InChI=1S/C22H34N4O4.HI/c1-22(2,3)30-21(28)26-16-6-7-17(26)12-15(11-16)25-20(23-4)24-13-14-10-18(29-5)8-9-19(14)27;/h8-10,15-17,27H,6-7,11-13H2,1-5H3,(H2,23,24,25);1H. The van der Waals surface area contributed by atoms with E-state index in [1.54, 1.807) is 32.4 Å². The number of nitrogens with zero attached hydrogens (tertiary/aromatic N) is 2. The van der Waals surface area contributed by atoms with Gasteiger partial charge in [-0.05, 0) is 64.7 Å². The van der Waals surface area contributed by atoms with Gasteiger partial charge in [0.1, 0.15) is 17.1 Å². The fraction of sp³-hybridized carbons (Fsp3) is 0.636. The predicted molar refractivity (Wildman–Crippen MR) is 131 cm³/mol. The molecule has 174 valence electrons. The molecule has 2 aliphatic heterocycles. The minimum Gasteiger partial charge on any atom is -0.508 e. The zero-order valence-corrected chi connectivity index (χ0v) is 21.3. The summed E-state index contributed by atoms with van der Waals surface area (Å²) in [6.45, 7) is 6.12. The van der Waals surface area contributed by atoms with Gasteiger partial charge >= 0.3 is 6.09 Å². The fourth-order valence-electron chi connectivity index (χ4n) is 4.30. The summed E-state index contributed by atoms with van der Waals surface area (Å²) >= 11 is 0. The van der Waals surface area contributed by atoms with Gasteiger partial charge in [-0.2, -0.15) is 0 Å². The number of carbonyl (C=O) groups excluding carboxylic acids is 1. The van der Waals surface area contributed by atoms with E-state index in [9.17, 15) is 9.90 Å². The average molecular weight is 546 g/mol. The first kappa shape index (κ1) is 25.4. The molecule has 0 radical (unpaired) electrons. The summed E-state index contributed by atoms with van der Waals surface area (Å²) < 4.78 is 10.8. The number of rotatable bonds is 4. The van der Waals surface area contributed by atoms with E-state index < -0.39 is 5.60 Å². The number of carbonyl (C=O) groups is 1. The number of benzene rings is 1. The van der Waals surface area contributed by atoms with Gasteiger partial charge in [0, 0.05) is 37.3 Å². The Balaban J connectivity index is 0.00000341. The van der Waals surface area contributed by atoms with Crippen molar-refractivity contribution in [1.82, 2.24) is 15.5 Å². The molecule has 1 aromatic rings. The molecule has 8 nitrogen and oxygen atoms in total. The van der Waals surface area contributed by atoms with Gasteiger partial charge in [-0.25, -0.2) is 4.79 Å². The molecule has 1 aromatic carbocycles. The molecule has 0 aromatic heterocycles. The summed E-state index contributed by atoms with van der Waals surface area (Å²) in [4.78, 5) is 18.9. The maximum atomic E-state index is 12.6. The topological polar surface area (TPSA) is 95.4 Å². The van der Waals surface area contributed by atoms with E-state index in [0.29, 0.717) is 18.3 Å². The number of phenols is 1. The van der Waals surface area contributed by atoms with E-state index in [0.717, 1.165) is 31.2 Å². The highest BCUT2D eigenvalue weighted by atomic mass is 127. The number of hydrogen-bond donors (Lipinski definition) is 3. The Morgan fingerprint density at radius 2 is 1.90 bits per heavy atom. The minimum absolute atomic E-state index is 0. The number of nitrogens with one attached hydrogen (secondary N) is 2. The lowest BCUT2D eigenvalue weighted by atomic mass is 9.98. The highest BCUT2D eigenvalue weighted by Crippen LogP contribution is 2.36. The van der Waals surface area contributed by atoms with Crippen LogP contribution < -0.4 is 15.4 Å². The molecule has 2 saturated heterocycles. The Morgan fingerprint density at radius 1 is 1.26 bits per heavy atom. The number of aliphatic imine (C=N–C) groups is 1. The molecule has 2 fully saturated rings. The Labute approximate surface area is 201 Å². The van der Waals surface area contributed by atoms with Crippen molar-refractivity contribution in [2.45, 2.75) is 76.7 Å². The third kappa shape index (κ3) is 6.54. The van der Waals surface area contributed by atoms with Gasteiger partial charge in [0.05, 0.1) is 7.11 Å². The molecule has 0 saturated carbocycles. The van der Waals surface area contributed by atoms with E-state index in [4.69, 9.17) is 9.47 Å². The number of halogens is 1. The number of phenolic OH excluding ortho intramolecular Hbond substituents is 1. The maximum absolute atomic E-state index is 12.6. The molecule has 2 aliphatic rings. The molecule has 2 heterocycles. The summed E-state index contributed by atoms with van der Waals surface area (Å²) in [5.41, 5.74) is 0.251. The zero-order valence-electron chi connectivity index (χ0n) is 19.0. The molecular formula is C22H35IN4O4. The van der Waals surface area contributed by atoms with Crippen LogP contribution in [0.2, 0.25) is 0 Å². The average Bonchev–Trinajstić information content (AvgIpc) is 2.96. The van der Waals surface area contributed by atoms with Crippen LogP contribution in [-0.4, -0.2) is 59.9 Å². The Morgan fingerprint density at radius 3 is 2.45 bits per heavy atom. The van der Waals surface area contributed by atoms with Gasteiger partial charge < -0.3 is 30.1 Å². The van der Waals surface area contributed by atoms with Gasteiger partial charge in [0.2, 0.25) is 0 Å². The first-order valence-electron chi connectivity index (χ1n) is 10.5. The van der Waals surface area contributed by atoms with Crippen molar-refractivity contribution in [2.24, 2.45) is 4.99 Å². The third-order valence-corrected chi connectivity index (χ3v) is 5.63. The van der Waals surface area contributed by atoms with E-state index in [-0.39, 0.29) is 53.9 Å². The lowest BCUT2D eigenvalue weighted by Gasteiger charge is -2.40. The van der Waals surface area contributed by atoms with Crippen LogP contribution in [-0.2, 0) is 11.3 Å². The fourth-order valence-corrected chi connectivity index (χ4v) is 4.30. The van der Waals surface area contributed by atoms with Crippen LogP contribution in [0.5, 0.6) is 11.5 Å². The molecule has 2 unspecified atom stereocenters. The molecule has 0 aliphatic carbocycles. The Kier molecular flexibility index (Phi) is 8.67. The predicted octanol–water partition coefficient (Wildman–Crippen LogP) is 3.61. The highest BCUT2D eigenvalue weighted by molar-refractivity contribution is 14.0. The summed E-state index contributed by atoms with van der Waals surface area (Å²) in [6, 6.07) is 5.75. The normalized spacial score (nSPS) is 23.1. The molecule has 31 heavy (non-hydrogen) atoms. The summed E-state index contributed by atoms with van der Waals surface area (Å²) in [5.74, 6) is 1.58. The quantitative estimate of drug-likeness (QED) is 0.304. The Bertz CT molecular complexity index is 782. The third-order valence-electron chi connectivity index (χ3n) is 5.63. The number of methoxy groups -OCH3 is 1. The van der Waals surface area contributed by atoms with E-state index in [1.165, 1.54) is 0 Å². The SMILES string of the molecule is CN=C(NCc1cc(OC)ccc1O)NC1CC2CCC(C1)N2C(=O)OC(C)(C)C.I. The molecule has 3 rings (SSSR count). The summed E-state index contributed by atoms with van der Waals surface area (Å²) in [7, 11) is 3.33. The van der Waals surface area contributed by atoms with Crippen molar-refractivity contribution in [3.05, 3.63) is 23.8 Å². The van der Waals surface area contributed by atoms with Gasteiger partial charge in [-0.3, -0.25) is 4.99 Å². The number of piperidine rings is 1. The molecule has 9 heteroatoms.